The van der Waals surface area contributed by atoms with Crippen LogP contribution in [0.2, 0.25) is 0 Å². The summed E-state index contributed by atoms with van der Waals surface area (Å²) in [6.45, 7) is 8.55. The van der Waals surface area contributed by atoms with Gasteiger partial charge in [-0.1, -0.05) is 6.07 Å². The van der Waals surface area contributed by atoms with Crippen molar-refractivity contribution in [2.75, 3.05) is 32.7 Å². The summed E-state index contributed by atoms with van der Waals surface area (Å²) in [6.07, 6.45) is 2.31. The van der Waals surface area contributed by atoms with Crippen molar-refractivity contribution in [3.05, 3.63) is 30.2 Å². The van der Waals surface area contributed by atoms with Gasteiger partial charge in [0.15, 0.2) is 11.6 Å². The molecule has 28 heavy (non-hydrogen) atoms. The Balaban J connectivity index is 0.00000280. The zero-order chi connectivity index (χ0) is 19.4. The van der Waals surface area contributed by atoms with Gasteiger partial charge >= 0.3 is 6.09 Å². The molecule has 3 rings (SSSR count). The fraction of sp³-hybridized carbons (Fsp3) is 0.556. The summed E-state index contributed by atoms with van der Waals surface area (Å²) < 4.78 is 7.36. The van der Waals surface area contributed by atoms with Crippen LogP contribution >= 0.6 is 24.0 Å². The Labute approximate surface area is 182 Å². The van der Waals surface area contributed by atoms with E-state index in [1.54, 1.807) is 4.90 Å². The standard InChI is InChI=1S/C18H27N7O2.HI/c1-18(2,3)27-17(26)24-12-10-23(11-13-24)16(19)20-8-7-15-22-21-14-6-4-5-9-25(14)15;/h4-6,9H,7-8,10-13H2,1-3H3,(H2,19,20);1H. The van der Waals surface area contributed by atoms with Gasteiger partial charge in [0, 0.05) is 45.3 Å². The van der Waals surface area contributed by atoms with Crippen molar-refractivity contribution >= 4 is 41.7 Å². The highest BCUT2D eigenvalue weighted by molar-refractivity contribution is 14.0. The van der Waals surface area contributed by atoms with E-state index in [1.165, 1.54) is 0 Å². The summed E-state index contributed by atoms with van der Waals surface area (Å²) in [5.74, 6) is 1.35. The molecule has 1 saturated heterocycles. The topological polar surface area (TPSA) is 101 Å². The highest BCUT2D eigenvalue weighted by Gasteiger charge is 2.26. The van der Waals surface area contributed by atoms with Crippen molar-refractivity contribution in [2.24, 2.45) is 10.7 Å². The number of ether oxygens (including phenoxy) is 1. The number of rotatable bonds is 3. The first-order valence-electron chi connectivity index (χ1n) is 9.15. The van der Waals surface area contributed by atoms with Gasteiger partial charge in [-0.15, -0.1) is 34.2 Å². The number of hydrogen-bond donors (Lipinski definition) is 1. The van der Waals surface area contributed by atoms with Crippen molar-refractivity contribution in [2.45, 2.75) is 32.8 Å². The highest BCUT2D eigenvalue weighted by Crippen LogP contribution is 2.12. The summed E-state index contributed by atoms with van der Waals surface area (Å²) in [6, 6.07) is 5.79. The van der Waals surface area contributed by atoms with Gasteiger partial charge in [0.05, 0.1) is 0 Å². The van der Waals surface area contributed by atoms with E-state index in [2.05, 4.69) is 15.2 Å². The molecular weight excluding hydrogens is 473 g/mol. The van der Waals surface area contributed by atoms with Crippen molar-refractivity contribution < 1.29 is 9.53 Å². The van der Waals surface area contributed by atoms with Gasteiger partial charge in [-0.3, -0.25) is 9.39 Å². The van der Waals surface area contributed by atoms with E-state index >= 15 is 0 Å². The third-order valence-electron chi connectivity index (χ3n) is 4.25. The first-order chi connectivity index (χ1) is 12.8. The molecule has 0 aliphatic carbocycles. The van der Waals surface area contributed by atoms with Crippen LogP contribution in [0.5, 0.6) is 0 Å². The van der Waals surface area contributed by atoms with Gasteiger partial charge in [0.1, 0.15) is 11.4 Å². The number of nitrogens with zero attached hydrogens (tertiary/aromatic N) is 6. The Morgan fingerprint density at radius 2 is 1.86 bits per heavy atom. The maximum atomic E-state index is 12.1. The van der Waals surface area contributed by atoms with Gasteiger partial charge in [-0.2, -0.15) is 0 Å². The number of aromatic nitrogens is 3. The largest absolute Gasteiger partial charge is 0.444 e. The van der Waals surface area contributed by atoms with Crippen molar-refractivity contribution in [3.63, 3.8) is 0 Å². The predicted octanol–water partition coefficient (Wildman–Crippen LogP) is 1.76. The summed E-state index contributed by atoms with van der Waals surface area (Å²) in [7, 11) is 0. The van der Waals surface area contributed by atoms with Crippen LogP contribution in [0.15, 0.2) is 29.4 Å². The zero-order valence-corrected chi connectivity index (χ0v) is 18.9. The third-order valence-corrected chi connectivity index (χ3v) is 4.25. The van der Waals surface area contributed by atoms with Gasteiger partial charge in [-0.25, -0.2) is 4.79 Å². The molecule has 0 radical (unpaired) electrons. The molecule has 0 unspecified atom stereocenters. The minimum absolute atomic E-state index is 0. The lowest BCUT2D eigenvalue weighted by atomic mass is 10.2. The molecule has 0 aromatic carbocycles. The molecule has 154 valence electrons. The minimum atomic E-state index is -0.486. The molecule has 1 fully saturated rings. The van der Waals surface area contributed by atoms with Gasteiger partial charge < -0.3 is 20.3 Å². The average Bonchev–Trinajstić information content (AvgIpc) is 3.04. The van der Waals surface area contributed by atoms with Crippen LogP contribution in [0.1, 0.15) is 26.6 Å². The van der Waals surface area contributed by atoms with Crippen LogP contribution < -0.4 is 5.73 Å². The number of piperazine rings is 1. The Morgan fingerprint density at radius 1 is 1.18 bits per heavy atom. The predicted molar refractivity (Wildman–Crippen MR) is 118 cm³/mol. The molecule has 2 aromatic heterocycles. The van der Waals surface area contributed by atoms with Crippen molar-refractivity contribution in [1.29, 1.82) is 0 Å². The Hall–Kier alpha value is -2.11. The minimum Gasteiger partial charge on any atom is -0.444 e. The van der Waals surface area contributed by atoms with Crippen LogP contribution in [0.4, 0.5) is 4.79 Å². The number of guanidine groups is 1. The van der Waals surface area contributed by atoms with E-state index in [-0.39, 0.29) is 30.1 Å². The number of halogens is 1. The van der Waals surface area contributed by atoms with Crippen LogP contribution in [0.25, 0.3) is 5.65 Å². The van der Waals surface area contributed by atoms with Gasteiger partial charge in [0.2, 0.25) is 0 Å². The fourth-order valence-electron chi connectivity index (χ4n) is 2.88. The summed E-state index contributed by atoms with van der Waals surface area (Å²) in [5, 5.41) is 8.32. The number of pyridine rings is 1. The molecule has 9 nitrogen and oxygen atoms in total. The summed E-state index contributed by atoms with van der Waals surface area (Å²) in [4.78, 5) is 20.3. The second-order valence-electron chi connectivity index (χ2n) is 7.49. The van der Waals surface area contributed by atoms with Crippen molar-refractivity contribution in [1.82, 2.24) is 24.4 Å². The molecule has 2 aromatic rings. The van der Waals surface area contributed by atoms with Gasteiger partial charge in [-0.05, 0) is 32.9 Å². The molecule has 10 heteroatoms. The molecule has 1 aliphatic heterocycles. The number of carbonyl (C=O) groups excluding carboxylic acids is 1. The Kier molecular flexibility index (Phi) is 7.44. The van der Waals surface area contributed by atoms with Crippen LogP contribution in [0, 0.1) is 0 Å². The lowest BCUT2D eigenvalue weighted by Gasteiger charge is -2.36. The number of amides is 1. The Morgan fingerprint density at radius 3 is 2.54 bits per heavy atom. The molecule has 1 amide bonds. The smallest absolute Gasteiger partial charge is 0.410 e. The number of nitrogens with two attached hydrogens (primary N) is 1. The number of fused-ring (bicyclic) bond motifs is 1. The molecular formula is C18H28IN7O2. The molecule has 0 bridgehead atoms. The zero-order valence-electron chi connectivity index (χ0n) is 16.5. The quantitative estimate of drug-likeness (QED) is 0.391. The fourth-order valence-corrected chi connectivity index (χ4v) is 2.88. The number of carbonyl (C=O) groups is 1. The molecule has 2 N–H and O–H groups in total. The maximum Gasteiger partial charge on any atom is 0.410 e. The molecule has 1 aliphatic rings. The SMILES string of the molecule is CC(C)(C)OC(=O)N1CCN(C(N)=NCCc2nnc3ccccn23)CC1.I. The van der Waals surface area contributed by atoms with E-state index in [0.717, 1.165) is 11.5 Å². The first kappa shape index (κ1) is 22.2. The molecule has 0 atom stereocenters. The van der Waals surface area contributed by atoms with Crippen LogP contribution in [0.3, 0.4) is 0 Å². The number of aliphatic imine (C=N–C) groups is 1. The normalized spacial score (nSPS) is 15.5. The maximum absolute atomic E-state index is 12.1. The van der Waals surface area contributed by atoms with Crippen LogP contribution in [-0.2, 0) is 11.2 Å². The first-order valence-corrected chi connectivity index (χ1v) is 9.15. The van der Waals surface area contributed by atoms with E-state index in [9.17, 15) is 4.79 Å². The highest BCUT2D eigenvalue weighted by atomic mass is 127. The summed E-state index contributed by atoms with van der Waals surface area (Å²) in [5.41, 5.74) is 6.46. The monoisotopic (exact) mass is 501 g/mol. The molecule has 3 heterocycles. The van der Waals surface area contributed by atoms with Crippen LogP contribution in [-0.4, -0.2) is 74.8 Å². The lowest BCUT2D eigenvalue weighted by Crippen LogP contribution is -2.53. The van der Waals surface area contributed by atoms with E-state index < -0.39 is 5.60 Å². The second-order valence-corrected chi connectivity index (χ2v) is 7.49. The van der Waals surface area contributed by atoms with E-state index in [0.29, 0.717) is 45.1 Å². The second kappa shape index (κ2) is 9.39. The van der Waals surface area contributed by atoms with E-state index in [4.69, 9.17) is 10.5 Å². The Bertz CT molecular complexity index is 823. The number of hydrogen-bond acceptors (Lipinski definition) is 5. The van der Waals surface area contributed by atoms with E-state index in [1.807, 2.05) is 54.5 Å². The molecule has 0 spiro atoms. The molecule has 0 saturated carbocycles. The van der Waals surface area contributed by atoms with Crippen molar-refractivity contribution in [3.8, 4) is 0 Å². The third kappa shape index (κ3) is 5.69. The summed E-state index contributed by atoms with van der Waals surface area (Å²) >= 11 is 0. The lowest BCUT2D eigenvalue weighted by molar-refractivity contribution is 0.0186. The van der Waals surface area contributed by atoms with Gasteiger partial charge in [0.25, 0.3) is 0 Å². The average molecular weight is 501 g/mol.